The summed E-state index contributed by atoms with van der Waals surface area (Å²) in [5.41, 5.74) is 0.745. The Labute approximate surface area is 119 Å². The average Bonchev–Trinajstić information content (AvgIpc) is 2.91. The lowest BCUT2D eigenvalue weighted by Gasteiger charge is -2.12. The number of aliphatic carboxylic acids is 1. The minimum Gasteiger partial charge on any atom is -0.479 e. The van der Waals surface area contributed by atoms with Gasteiger partial charge in [0.2, 0.25) is 0 Å². The van der Waals surface area contributed by atoms with Gasteiger partial charge in [-0.05, 0) is 31.0 Å². The van der Waals surface area contributed by atoms with E-state index in [9.17, 15) is 9.59 Å². The van der Waals surface area contributed by atoms with E-state index in [2.05, 4.69) is 5.32 Å². The predicted octanol–water partition coefficient (Wildman–Crippen LogP) is 1.78. The van der Waals surface area contributed by atoms with Crippen LogP contribution in [0.3, 0.4) is 0 Å². The molecule has 2 N–H and O–H groups in total. The number of amides is 1. The largest absolute Gasteiger partial charge is 0.479 e. The highest BCUT2D eigenvalue weighted by molar-refractivity contribution is 6.33. The summed E-state index contributed by atoms with van der Waals surface area (Å²) in [6, 6.07) is 6.41. The Bertz CT molecular complexity index is 597. The van der Waals surface area contributed by atoms with Gasteiger partial charge in [-0.3, -0.25) is 4.79 Å². The fraction of sp³-hybridized carbons (Fsp3) is 0.308. The van der Waals surface area contributed by atoms with Crippen LogP contribution in [0.15, 0.2) is 18.2 Å². The number of hydrogen-bond donors (Lipinski definition) is 2. The molecule has 0 unspecified atom stereocenters. The maximum absolute atomic E-state index is 11.9. The molecule has 1 fully saturated rings. The second-order valence-corrected chi connectivity index (χ2v) is 4.73. The van der Waals surface area contributed by atoms with Crippen molar-refractivity contribution in [3.05, 3.63) is 28.8 Å². The number of anilines is 1. The molecule has 1 aromatic carbocycles. The predicted molar refractivity (Wildman–Crippen MR) is 70.3 cm³/mol. The topological polar surface area (TPSA) is 99.4 Å². The maximum Gasteiger partial charge on any atom is 0.332 e. The van der Waals surface area contributed by atoms with E-state index < -0.39 is 24.1 Å². The average molecular weight is 295 g/mol. The van der Waals surface area contributed by atoms with Gasteiger partial charge in [-0.2, -0.15) is 5.26 Å². The van der Waals surface area contributed by atoms with Gasteiger partial charge in [0, 0.05) is 0 Å². The third kappa shape index (κ3) is 3.07. The van der Waals surface area contributed by atoms with Crippen molar-refractivity contribution < 1.29 is 19.4 Å². The summed E-state index contributed by atoms with van der Waals surface area (Å²) in [4.78, 5) is 22.7. The molecule has 0 bridgehead atoms. The molecule has 0 aliphatic carbocycles. The van der Waals surface area contributed by atoms with Crippen molar-refractivity contribution in [3.63, 3.8) is 0 Å². The molecule has 1 amide bonds. The number of carboxylic acids is 1. The number of rotatable bonds is 3. The molecule has 1 aliphatic heterocycles. The third-order valence-electron chi connectivity index (χ3n) is 2.94. The van der Waals surface area contributed by atoms with Gasteiger partial charge in [-0.25, -0.2) is 4.79 Å². The van der Waals surface area contributed by atoms with Gasteiger partial charge in [0.25, 0.3) is 5.91 Å². The number of benzene rings is 1. The fourth-order valence-corrected chi connectivity index (χ4v) is 2.14. The van der Waals surface area contributed by atoms with Gasteiger partial charge < -0.3 is 15.2 Å². The molecule has 1 saturated heterocycles. The van der Waals surface area contributed by atoms with Crippen LogP contribution >= 0.6 is 11.6 Å². The number of nitrogens with one attached hydrogen (secondary N) is 1. The second-order valence-electron chi connectivity index (χ2n) is 4.32. The van der Waals surface area contributed by atoms with Gasteiger partial charge in [-0.15, -0.1) is 0 Å². The van der Waals surface area contributed by atoms with Crippen LogP contribution in [0, 0.1) is 11.3 Å². The molecular weight excluding hydrogens is 284 g/mol. The van der Waals surface area contributed by atoms with E-state index >= 15 is 0 Å². The van der Waals surface area contributed by atoms with E-state index in [0.29, 0.717) is 24.1 Å². The number of carboxylic acid groups (broad SMARTS) is 1. The van der Waals surface area contributed by atoms with Crippen molar-refractivity contribution in [1.29, 1.82) is 5.26 Å². The normalized spacial score (nSPS) is 21.2. The van der Waals surface area contributed by atoms with E-state index in [1.54, 1.807) is 0 Å². The number of hydrogen-bond acceptors (Lipinski definition) is 4. The Balaban J connectivity index is 2.02. The van der Waals surface area contributed by atoms with Gasteiger partial charge in [-0.1, -0.05) is 11.6 Å². The molecule has 1 heterocycles. The quantitative estimate of drug-likeness (QED) is 0.885. The lowest BCUT2D eigenvalue weighted by atomic mass is 10.1. The highest BCUT2D eigenvalue weighted by Gasteiger charge is 2.34. The molecule has 2 atom stereocenters. The first-order valence-electron chi connectivity index (χ1n) is 5.90. The maximum atomic E-state index is 11.9. The lowest BCUT2D eigenvalue weighted by molar-refractivity contribution is -0.150. The van der Waals surface area contributed by atoms with E-state index in [1.807, 2.05) is 6.07 Å². The van der Waals surface area contributed by atoms with Crippen LogP contribution in [-0.4, -0.2) is 29.2 Å². The van der Waals surface area contributed by atoms with Crippen molar-refractivity contribution in [2.24, 2.45) is 0 Å². The van der Waals surface area contributed by atoms with Crippen LogP contribution in [0.1, 0.15) is 18.4 Å². The summed E-state index contributed by atoms with van der Waals surface area (Å²) in [5.74, 6) is -1.52. The van der Waals surface area contributed by atoms with Crippen LogP contribution < -0.4 is 5.32 Å². The molecule has 1 aliphatic rings. The van der Waals surface area contributed by atoms with E-state index in [1.165, 1.54) is 18.2 Å². The SMILES string of the molecule is N#Cc1ccc(NC(=O)[C@@H]2CC[C@H](C(=O)O)O2)c(Cl)c1. The Kier molecular flexibility index (Phi) is 4.23. The molecule has 1 aromatic rings. The third-order valence-corrected chi connectivity index (χ3v) is 3.26. The Hall–Kier alpha value is -2.10. The molecule has 7 heteroatoms. The summed E-state index contributed by atoms with van der Waals surface area (Å²) in [6.45, 7) is 0. The zero-order valence-electron chi connectivity index (χ0n) is 10.3. The first-order valence-corrected chi connectivity index (χ1v) is 6.28. The van der Waals surface area contributed by atoms with Crippen LogP contribution in [0.5, 0.6) is 0 Å². The molecule has 2 rings (SSSR count). The van der Waals surface area contributed by atoms with Crippen molar-refractivity contribution in [1.82, 2.24) is 0 Å². The number of carbonyl (C=O) groups is 2. The van der Waals surface area contributed by atoms with Crippen LogP contribution in [0.25, 0.3) is 0 Å². The van der Waals surface area contributed by atoms with Gasteiger partial charge >= 0.3 is 5.97 Å². The number of halogens is 1. The smallest absolute Gasteiger partial charge is 0.332 e. The van der Waals surface area contributed by atoms with E-state index in [4.69, 9.17) is 26.7 Å². The lowest BCUT2D eigenvalue weighted by Crippen LogP contribution is -2.30. The van der Waals surface area contributed by atoms with Crippen molar-refractivity contribution in [3.8, 4) is 6.07 Å². The van der Waals surface area contributed by atoms with Crippen molar-refractivity contribution in [2.75, 3.05) is 5.32 Å². The first-order chi connectivity index (χ1) is 9.51. The second kappa shape index (κ2) is 5.90. The van der Waals surface area contributed by atoms with E-state index in [-0.39, 0.29) is 5.02 Å². The van der Waals surface area contributed by atoms with Crippen LogP contribution in [-0.2, 0) is 14.3 Å². The number of nitrogens with zero attached hydrogens (tertiary/aromatic N) is 1. The van der Waals surface area contributed by atoms with Gasteiger partial charge in [0.15, 0.2) is 6.10 Å². The van der Waals surface area contributed by atoms with E-state index in [0.717, 1.165) is 0 Å². The first kappa shape index (κ1) is 14.3. The summed E-state index contributed by atoms with van der Waals surface area (Å²) >= 11 is 5.94. The Morgan fingerprint density at radius 1 is 1.40 bits per heavy atom. The molecule has 0 aromatic heterocycles. The van der Waals surface area contributed by atoms with Crippen LogP contribution in [0.2, 0.25) is 5.02 Å². The highest BCUT2D eigenvalue weighted by atomic mass is 35.5. The van der Waals surface area contributed by atoms with Crippen molar-refractivity contribution in [2.45, 2.75) is 25.0 Å². The Morgan fingerprint density at radius 2 is 2.10 bits per heavy atom. The van der Waals surface area contributed by atoms with Crippen molar-refractivity contribution >= 4 is 29.2 Å². The van der Waals surface area contributed by atoms with Gasteiger partial charge in [0.05, 0.1) is 22.3 Å². The summed E-state index contributed by atoms with van der Waals surface area (Å²) in [7, 11) is 0. The van der Waals surface area contributed by atoms with Gasteiger partial charge in [0.1, 0.15) is 6.10 Å². The molecule has 0 radical (unpaired) electrons. The summed E-state index contributed by atoms with van der Waals surface area (Å²) in [6.07, 6.45) is -1.10. The zero-order chi connectivity index (χ0) is 14.7. The number of nitriles is 1. The zero-order valence-corrected chi connectivity index (χ0v) is 11.1. The van der Waals surface area contributed by atoms with Crippen LogP contribution in [0.4, 0.5) is 5.69 Å². The number of ether oxygens (including phenoxy) is 1. The highest BCUT2D eigenvalue weighted by Crippen LogP contribution is 2.25. The molecular formula is C13H11ClN2O4. The summed E-state index contributed by atoms with van der Waals surface area (Å²) < 4.78 is 5.13. The molecule has 0 spiro atoms. The monoisotopic (exact) mass is 294 g/mol. The minimum atomic E-state index is -1.07. The molecule has 6 nitrogen and oxygen atoms in total. The molecule has 20 heavy (non-hydrogen) atoms. The standard InChI is InChI=1S/C13H11ClN2O4/c14-8-5-7(6-15)1-2-9(8)16-12(17)10-3-4-11(20-10)13(18)19/h1-2,5,10-11H,3-4H2,(H,16,17)(H,18,19)/t10-,11+/m0/s1. The fourth-order valence-electron chi connectivity index (χ4n) is 1.91. The summed E-state index contributed by atoms with van der Waals surface area (Å²) in [5, 5.41) is 20.3. The molecule has 104 valence electrons. The Morgan fingerprint density at radius 3 is 2.65 bits per heavy atom. The number of carbonyl (C=O) groups excluding carboxylic acids is 1. The molecule has 0 saturated carbocycles. The minimum absolute atomic E-state index is 0.241.